The molecule has 5 heteroatoms. The van der Waals surface area contributed by atoms with Crippen molar-refractivity contribution in [2.45, 2.75) is 33.3 Å². The fourth-order valence-electron chi connectivity index (χ4n) is 1.70. The summed E-state index contributed by atoms with van der Waals surface area (Å²) in [5.74, 6) is 1.30. The molecule has 3 N–H and O–H groups in total. The molecular weight excluding hydrogens is 266 g/mol. The molecule has 0 amide bonds. The summed E-state index contributed by atoms with van der Waals surface area (Å²) in [6.45, 7) is 8.79. The first-order valence-electron chi connectivity index (χ1n) is 7.46. The van der Waals surface area contributed by atoms with Gasteiger partial charge >= 0.3 is 0 Å². The molecule has 0 aromatic heterocycles. The molecule has 0 radical (unpaired) electrons. The van der Waals surface area contributed by atoms with E-state index in [1.807, 2.05) is 38.1 Å². The largest absolute Gasteiger partial charge is 0.489 e. The molecule has 0 aliphatic rings. The lowest BCUT2D eigenvalue weighted by Crippen LogP contribution is -2.34. The molecule has 21 heavy (non-hydrogen) atoms. The van der Waals surface area contributed by atoms with Crippen LogP contribution in [0.3, 0.4) is 0 Å². The highest BCUT2D eigenvalue weighted by molar-refractivity contribution is 5.77. The van der Waals surface area contributed by atoms with Crippen molar-refractivity contribution in [1.29, 1.82) is 0 Å². The quantitative estimate of drug-likeness (QED) is 0.415. The van der Waals surface area contributed by atoms with Gasteiger partial charge in [-0.05, 0) is 39.3 Å². The van der Waals surface area contributed by atoms with Crippen molar-refractivity contribution in [3.8, 4) is 5.75 Å². The maximum absolute atomic E-state index is 5.79. The predicted octanol–water partition coefficient (Wildman–Crippen LogP) is 2.09. The number of nitrogens with zero attached hydrogens (tertiary/aromatic N) is 1. The number of benzene rings is 1. The van der Waals surface area contributed by atoms with Crippen LogP contribution in [0.5, 0.6) is 5.75 Å². The van der Waals surface area contributed by atoms with Crippen LogP contribution in [0.25, 0.3) is 0 Å². The van der Waals surface area contributed by atoms with Crippen molar-refractivity contribution in [3.63, 3.8) is 0 Å². The van der Waals surface area contributed by atoms with E-state index in [4.69, 9.17) is 15.2 Å². The SMILES string of the molecule is CCOCCCNC(N)=NCC(C)Oc1ccc(C)cc1. The van der Waals surface area contributed by atoms with Crippen molar-refractivity contribution in [2.24, 2.45) is 10.7 Å². The summed E-state index contributed by atoms with van der Waals surface area (Å²) in [7, 11) is 0. The van der Waals surface area contributed by atoms with Gasteiger partial charge in [0.15, 0.2) is 5.96 Å². The Hall–Kier alpha value is -1.75. The minimum Gasteiger partial charge on any atom is -0.489 e. The zero-order chi connectivity index (χ0) is 15.5. The van der Waals surface area contributed by atoms with Gasteiger partial charge in [0.1, 0.15) is 11.9 Å². The molecule has 0 aliphatic heterocycles. The molecule has 0 bridgehead atoms. The number of aryl methyl sites for hydroxylation is 1. The second-order valence-electron chi connectivity index (χ2n) is 4.94. The lowest BCUT2D eigenvalue weighted by molar-refractivity contribution is 0.145. The van der Waals surface area contributed by atoms with E-state index in [2.05, 4.69) is 17.2 Å². The van der Waals surface area contributed by atoms with Gasteiger partial charge in [-0.3, -0.25) is 0 Å². The molecule has 1 atom stereocenters. The van der Waals surface area contributed by atoms with Crippen molar-refractivity contribution in [2.75, 3.05) is 26.3 Å². The van der Waals surface area contributed by atoms with Crippen LogP contribution in [-0.4, -0.2) is 38.4 Å². The maximum atomic E-state index is 5.79. The average Bonchev–Trinajstić information content (AvgIpc) is 2.47. The third-order valence-electron chi connectivity index (χ3n) is 2.85. The van der Waals surface area contributed by atoms with Gasteiger partial charge in [0.05, 0.1) is 6.54 Å². The van der Waals surface area contributed by atoms with E-state index in [0.29, 0.717) is 12.5 Å². The van der Waals surface area contributed by atoms with E-state index in [-0.39, 0.29) is 6.10 Å². The van der Waals surface area contributed by atoms with Crippen molar-refractivity contribution in [1.82, 2.24) is 5.32 Å². The van der Waals surface area contributed by atoms with Gasteiger partial charge in [-0.25, -0.2) is 4.99 Å². The maximum Gasteiger partial charge on any atom is 0.188 e. The summed E-state index contributed by atoms with van der Waals surface area (Å²) in [5, 5.41) is 3.06. The third kappa shape index (κ3) is 8.19. The Balaban J connectivity index is 2.22. The number of nitrogens with one attached hydrogen (secondary N) is 1. The van der Waals surface area contributed by atoms with E-state index in [0.717, 1.165) is 31.9 Å². The molecule has 0 spiro atoms. The number of nitrogens with two attached hydrogens (primary N) is 1. The summed E-state index contributed by atoms with van der Waals surface area (Å²) in [5.41, 5.74) is 7.01. The highest BCUT2D eigenvalue weighted by Crippen LogP contribution is 2.13. The second kappa shape index (κ2) is 10.0. The number of aliphatic imine (C=N–C) groups is 1. The Morgan fingerprint density at radius 3 is 2.71 bits per heavy atom. The summed E-state index contributed by atoms with van der Waals surface area (Å²) < 4.78 is 11.0. The number of rotatable bonds is 9. The number of ether oxygens (including phenoxy) is 2. The van der Waals surface area contributed by atoms with Gasteiger partial charge in [0.25, 0.3) is 0 Å². The highest BCUT2D eigenvalue weighted by Gasteiger charge is 2.03. The normalized spacial score (nSPS) is 13.0. The Morgan fingerprint density at radius 1 is 1.33 bits per heavy atom. The lowest BCUT2D eigenvalue weighted by Gasteiger charge is -2.13. The molecule has 1 aromatic carbocycles. The fraction of sp³-hybridized carbons (Fsp3) is 0.562. The van der Waals surface area contributed by atoms with Crippen LogP contribution in [0.1, 0.15) is 25.8 Å². The number of hydrogen-bond acceptors (Lipinski definition) is 3. The average molecular weight is 293 g/mol. The smallest absolute Gasteiger partial charge is 0.188 e. The van der Waals surface area contributed by atoms with Gasteiger partial charge in [-0.2, -0.15) is 0 Å². The molecule has 0 saturated carbocycles. The van der Waals surface area contributed by atoms with Crippen molar-refractivity contribution >= 4 is 5.96 Å². The first kappa shape index (κ1) is 17.3. The van der Waals surface area contributed by atoms with E-state index >= 15 is 0 Å². The number of guanidine groups is 1. The molecule has 1 aromatic rings. The molecule has 0 aliphatic carbocycles. The zero-order valence-electron chi connectivity index (χ0n) is 13.3. The van der Waals surface area contributed by atoms with E-state index in [9.17, 15) is 0 Å². The molecule has 0 heterocycles. The summed E-state index contributed by atoms with van der Waals surface area (Å²) in [4.78, 5) is 4.27. The van der Waals surface area contributed by atoms with Gasteiger partial charge in [-0.1, -0.05) is 17.7 Å². The van der Waals surface area contributed by atoms with Crippen LogP contribution >= 0.6 is 0 Å². The Bertz CT molecular complexity index is 418. The summed E-state index contributed by atoms with van der Waals surface area (Å²) in [6.07, 6.45) is 0.899. The van der Waals surface area contributed by atoms with Gasteiger partial charge in [0, 0.05) is 19.8 Å². The summed E-state index contributed by atoms with van der Waals surface area (Å²) in [6, 6.07) is 7.98. The zero-order valence-corrected chi connectivity index (χ0v) is 13.3. The van der Waals surface area contributed by atoms with Crippen LogP contribution in [0.15, 0.2) is 29.3 Å². The minimum absolute atomic E-state index is 0.0171. The molecule has 0 fully saturated rings. The van der Waals surface area contributed by atoms with Crippen LogP contribution in [0, 0.1) is 6.92 Å². The Labute approximate surface area is 127 Å². The topological polar surface area (TPSA) is 68.9 Å². The Morgan fingerprint density at radius 2 is 2.05 bits per heavy atom. The third-order valence-corrected chi connectivity index (χ3v) is 2.85. The lowest BCUT2D eigenvalue weighted by atomic mass is 10.2. The van der Waals surface area contributed by atoms with E-state index in [1.54, 1.807) is 0 Å². The standard InChI is InChI=1S/C16H27N3O2/c1-4-20-11-5-10-18-16(17)19-12-14(3)21-15-8-6-13(2)7-9-15/h6-9,14H,4-5,10-12H2,1-3H3,(H3,17,18,19). The van der Waals surface area contributed by atoms with Crippen LogP contribution < -0.4 is 15.8 Å². The first-order chi connectivity index (χ1) is 10.1. The van der Waals surface area contributed by atoms with Crippen molar-refractivity contribution < 1.29 is 9.47 Å². The van der Waals surface area contributed by atoms with Crippen LogP contribution in [0.4, 0.5) is 0 Å². The second-order valence-corrected chi connectivity index (χ2v) is 4.94. The van der Waals surface area contributed by atoms with Crippen LogP contribution in [0.2, 0.25) is 0 Å². The molecule has 118 valence electrons. The van der Waals surface area contributed by atoms with Gasteiger partial charge in [0.2, 0.25) is 0 Å². The van der Waals surface area contributed by atoms with E-state index in [1.165, 1.54) is 5.56 Å². The van der Waals surface area contributed by atoms with Crippen LogP contribution in [-0.2, 0) is 4.74 Å². The number of hydrogen-bond donors (Lipinski definition) is 2. The highest BCUT2D eigenvalue weighted by atomic mass is 16.5. The molecule has 5 nitrogen and oxygen atoms in total. The molecule has 1 unspecified atom stereocenters. The first-order valence-corrected chi connectivity index (χ1v) is 7.46. The van der Waals surface area contributed by atoms with Gasteiger partial charge in [-0.15, -0.1) is 0 Å². The minimum atomic E-state index is -0.0171. The fourth-order valence-corrected chi connectivity index (χ4v) is 1.70. The predicted molar refractivity (Wildman–Crippen MR) is 86.9 cm³/mol. The van der Waals surface area contributed by atoms with Crippen molar-refractivity contribution in [3.05, 3.63) is 29.8 Å². The monoisotopic (exact) mass is 293 g/mol. The summed E-state index contributed by atoms with van der Waals surface area (Å²) >= 11 is 0. The van der Waals surface area contributed by atoms with E-state index < -0.39 is 0 Å². The Kier molecular flexibility index (Phi) is 8.28. The molecular formula is C16H27N3O2. The van der Waals surface area contributed by atoms with Gasteiger partial charge < -0.3 is 20.5 Å². The molecule has 0 saturated heterocycles. The molecule has 1 rings (SSSR count).